The van der Waals surface area contributed by atoms with Gasteiger partial charge in [0.05, 0.1) is 5.41 Å². The van der Waals surface area contributed by atoms with Crippen molar-refractivity contribution >= 4 is 11.6 Å². The van der Waals surface area contributed by atoms with E-state index in [9.17, 15) is 9.18 Å². The van der Waals surface area contributed by atoms with Gasteiger partial charge in [-0.2, -0.15) is 0 Å². The van der Waals surface area contributed by atoms with Crippen molar-refractivity contribution in [2.24, 2.45) is 11.1 Å². The SMILES string of the molecule is CCN(C(=O)C1(CN)CCCC1)c1ccc(F)cc1. The summed E-state index contributed by atoms with van der Waals surface area (Å²) in [7, 11) is 0. The molecule has 1 aliphatic carbocycles. The third-order valence-corrected chi connectivity index (χ3v) is 4.10. The Labute approximate surface area is 113 Å². The first kappa shape index (κ1) is 14.0. The lowest BCUT2D eigenvalue weighted by Gasteiger charge is -2.33. The van der Waals surface area contributed by atoms with E-state index in [0.29, 0.717) is 13.1 Å². The molecule has 0 heterocycles. The van der Waals surface area contributed by atoms with Gasteiger partial charge in [0.15, 0.2) is 0 Å². The summed E-state index contributed by atoms with van der Waals surface area (Å²) < 4.78 is 13.0. The van der Waals surface area contributed by atoms with Gasteiger partial charge in [-0.15, -0.1) is 0 Å². The summed E-state index contributed by atoms with van der Waals surface area (Å²) in [5.74, 6) is -0.205. The molecule has 2 rings (SSSR count). The van der Waals surface area contributed by atoms with E-state index in [1.165, 1.54) is 12.1 Å². The van der Waals surface area contributed by atoms with Gasteiger partial charge < -0.3 is 10.6 Å². The molecule has 1 saturated carbocycles. The van der Waals surface area contributed by atoms with E-state index < -0.39 is 5.41 Å². The maximum Gasteiger partial charge on any atom is 0.234 e. The van der Waals surface area contributed by atoms with Crippen molar-refractivity contribution in [3.05, 3.63) is 30.1 Å². The van der Waals surface area contributed by atoms with Crippen LogP contribution in [0.2, 0.25) is 0 Å². The Morgan fingerprint density at radius 1 is 1.32 bits per heavy atom. The molecular formula is C15H21FN2O. The Bertz CT molecular complexity index is 438. The Balaban J connectivity index is 2.26. The topological polar surface area (TPSA) is 46.3 Å². The molecule has 1 aliphatic rings. The Kier molecular flexibility index (Phi) is 4.20. The predicted octanol–water partition coefficient (Wildman–Crippen LogP) is 2.70. The summed E-state index contributed by atoms with van der Waals surface area (Å²) in [5, 5.41) is 0. The Hall–Kier alpha value is -1.42. The molecule has 1 amide bonds. The van der Waals surface area contributed by atoms with Crippen LogP contribution in [0.5, 0.6) is 0 Å². The number of rotatable bonds is 4. The number of nitrogens with two attached hydrogens (primary N) is 1. The van der Waals surface area contributed by atoms with Crippen LogP contribution in [-0.2, 0) is 4.79 Å². The lowest BCUT2D eigenvalue weighted by molar-refractivity contribution is -0.127. The first-order valence-electron chi connectivity index (χ1n) is 6.90. The van der Waals surface area contributed by atoms with Crippen LogP contribution in [0, 0.1) is 11.2 Å². The van der Waals surface area contributed by atoms with Crippen LogP contribution in [0.1, 0.15) is 32.6 Å². The number of benzene rings is 1. The normalized spacial score (nSPS) is 17.4. The maximum absolute atomic E-state index is 13.0. The summed E-state index contributed by atoms with van der Waals surface area (Å²) >= 11 is 0. The second-order valence-corrected chi connectivity index (χ2v) is 5.22. The molecule has 104 valence electrons. The van der Waals surface area contributed by atoms with Crippen molar-refractivity contribution in [1.82, 2.24) is 0 Å². The Morgan fingerprint density at radius 3 is 2.37 bits per heavy atom. The highest BCUT2D eigenvalue weighted by Gasteiger charge is 2.42. The third-order valence-electron chi connectivity index (χ3n) is 4.10. The second-order valence-electron chi connectivity index (χ2n) is 5.22. The molecule has 2 N–H and O–H groups in total. The number of hydrogen-bond donors (Lipinski definition) is 1. The Morgan fingerprint density at radius 2 is 1.89 bits per heavy atom. The fourth-order valence-corrected chi connectivity index (χ4v) is 2.91. The van der Waals surface area contributed by atoms with Crippen molar-refractivity contribution in [2.75, 3.05) is 18.0 Å². The summed E-state index contributed by atoms with van der Waals surface area (Å²) in [6.07, 6.45) is 3.84. The summed E-state index contributed by atoms with van der Waals surface area (Å²) in [5.41, 5.74) is 6.19. The highest BCUT2D eigenvalue weighted by molar-refractivity contribution is 5.97. The zero-order valence-corrected chi connectivity index (χ0v) is 11.4. The lowest BCUT2D eigenvalue weighted by atomic mass is 9.84. The number of anilines is 1. The molecule has 0 saturated heterocycles. The minimum Gasteiger partial charge on any atom is -0.329 e. The largest absolute Gasteiger partial charge is 0.329 e. The summed E-state index contributed by atoms with van der Waals surface area (Å²) in [6.45, 7) is 2.90. The van der Waals surface area contributed by atoms with E-state index in [2.05, 4.69) is 0 Å². The van der Waals surface area contributed by atoms with Gasteiger partial charge in [-0.1, -0.05) is 12.8 Å². The molecule has 0 aliphatic heterocycles. The van der Waals surface area contributed by atoms with Crippen LogP contribution in [0.25, 0.3) is 0 Å². The van der Waals surface area contributed by atoms with Crippen molar-refractivity contribution in [2.45, 2.75) is 32.6 Å². The molecule has 4 heteroatoms. The molecule has 3 nitrogen and oxygen atoms in total. The number of amides is 1. The number of halogens is 1. The van der Waals surface area contributed by atoms with Gasteiger partial charge in [0, 0.05) is 18.8 Å². The standard InChI is InChI=1S/C15H21FN2O/c1-2-18(13-7-5-12(16)6-8-13)14(19)15(11-17)9-3-4-10-15/h5-8H,2-4,9-11,17H2,1H3. The number of nitrogens with zero attached hydrogens (tertiary/aromatic N) is 1. The van der Waals surface area contributed by atoms with Gasteiger partial charge >= 0.3 is 0 Å². The number of hydrogen-bond acceptors (Lipinski definition) is 2. The fourth-order valence-electron chi connectivity index (χ4n) is 2.91. The minimum atomic E-state index is -0.412. The van der Waals surface area contributed by atoms with Crippen LogP contribution < -0.4 is 10.6 Å². The molecular weight excluding hydrogens is 243 g/mol. The lowest BCUT2D eigenvalue weighted by Crippen LogP contribution is -2.46. The first-order valence-corrected chi connectivity index (χ1v) is 6.90. The quantitative estimate of drug-likeness (QED) is 0.908. The van der Waals surface area contributed by atoms with Crippen LogP contribution in [0.15, 0.2) is 24.3 Å². The van der Waals surface area contributed by atoms with Gasteiger partial charge in [-0.3, -0.25) is 4.79 Å². The minimum absolute atomic E-state index is 0.0848. The molecule has 1 aromatic rings. The van der Waals surface area contributed by atoms with E-state index >= 15 is 0 Å². The van der Waals surface area contributed by atoms with E-state index in [1.54, 1.807) is 17.0 Å². The third kappa shape index (κ3) is 2.63. The fraction of sp³-hybridized carbons (Fsp3) is 0.533. The van der Waals surface area contributed by atoms with Crippen molar-refractivity contribution in [3.8, 4) is 0 Å². The van der Waals surface area contributed by atoms with Gasteiger partial charge in [0.1, 0.15) is 5.82 Å². The average Bonchev–Trinajstić information content (AvgIpc) is 2.91. The molecule has 0 bridgehead atoms. The van der Waals surface area contributed by atoms with Crippen LogP contribution in [-0.4, -0.2) is 19.0 Å². The van der Waals surface area contributed by atoms with E-state index in [0.717, 1.165) is 31.4 Å². The van der Waals surface area contributed by atoms with Crippen LogP contribution in [0.4, 0.5) is 10.1 Å². The van der Waals surface area contributed by atoms with E-state index in [1.807, 2.05) is 6.92 Å². The maximum atomic E-state index is 13.0. The zero-order valence-electron chi connectivity index (χ0n) is 11.4. The first-order chi connectivity index (χ1) is 9.13. The number of carbonyl (C=O) groups is 1. The monoisotopic (exact) mass is 264 g/mol. The van der Waals surface area contributed by atoms with Crippen LogP contribution >= 0.6 is 0 Å². The van der Waals surface area contributed by atoms with Crippen molar-refractivity contribution in [3.63, 3.8) is 0 Å². The molecule has 0 radical (unpaired) electrons. The highest BCUT2D eigenvalue weighted by Crippen LogP contribution is 2.39. The smallest absolute Gasteiger partial charge is 0.234 e. The second kappa shape index (κ2) is 5.70. The van der Waals surface area contributed by atoms with Crippen molar-refractivity contribution < 1.29 is 9.18 Å². The van der Waals surface area contributed by atoms with Gasteiger partial charge in [-0.25, -0.2) is 4.39 Å². The van der Waals surface area contributed by atoms with Crippen molar-refractivity contribution in [1.29, 1.82) is 0 Å². The predicted molar refractivity (Wildman–Crippen MR) is 74.4 cm³/mol. The molecule has 19 heavy (non-hydrogen) atoms. The van der Waals surface area contributed by atoms with Gasteiger partial charge in [0.2, 0.25) is 5.91 Å². The van der Waals surface area contributed by atoms with E-state index in [4.69, 9.17) is 5.73 Å². The summed E-state index contributed by atoms with van der Waals surface area (Å²) in [6, 6.07) is 6.07. The summed E-state index contributed by atoms with van der Waals surface area (Å²) in [4.78, 5) is 14.5. The highest BCUT2D eigenvalue weighted by atomic mass is 19.1. The van der Waals surface area contributed by atoms with Crippen LogP contribution in [0.3, 0.4) is 0 Å². The molecule has 1 aromatic carbocycles. The van der Waals surface area contributed by atoms with Gasteiger partial charge in [-0.05, 0) is 44.0 Å². The average molecular weight is 264 g/mol. The zero-order chi connectivity index (χ0) is 13.9. The molecule has 0 atom stereocenters. The number of carbonyl (C=O) groups excluding carboxylic acids is 1. The molecule has 0 unspecified atom stereocenters. The molecule has 0 aromatic heterocycles. The van der Waals surface area contributed by atoms with E-state index in [-0.39, 0.29) is 11.7 Å². The van der Waals surface area contributed by atoms with Gasteiger partial charge in [0.25, 0.3) is 0 Å². The molecule has 1 fully saturated rings. The molecule has 0 spiro atoms.